The molecule has 0 atom stereocenters. The number of nitrogens with zero attached hydrogens (tertiary/aromatic N) is 2. The molecule has 1 heterocycles. The number of anilines is 3. The zero-order chi connectivity index (χ0) is 19.4. The zero-order valence-electron chi connectivity index (χ0n) is 14.8. The summed E-state index contributed by atoms with van der Waals surface area (Å²) in [7, 11) is 0. The predicted octanol–water partition coefficient (Wildman–Crippen LogP) is 4.12. The van der Waals surface area contributed by atoms with Crippen LogP contribution in [0, 0.1) is 12.7 Å². The van der Waals surface area contributed by atoms with Crippen LogP contribution in [0.25, 0.3) is 0 Å². The number of nitrogens with one attached hydrogen (secondary N) is 2. The van der Waals surface area contributed by atoms with E-state index in [1.165, 1.54) is 25.1 Å². The van der Waals surface area contributed by atoms with Crippen LogP contribution in [0.15, 0.2) is 54.6 Å². The minimum Gasteiger partial charge on any atom is -0.340 e. The Balaban J connectivity index is 1.80. The number of hydrogen-bond acceptors (Lipinski definition) is 5. The van der Waals surface area contributed by atoms with Gasteiger partial charge in [-0.05, 0) is 50.2 Å². The zero-order valence-corrected chi connectivity index (χ0v) is 14.8. The van der Waals surface area contributed by atoms with Crippen molar-refractivity contribution in [2.24, 2.45) is 0 Å². The molecule has 0 saturated carbocycles. The fraction of sp³-hybridized carbons (Fsp3) is 0.100. The molecule has 0 aliphatic heterocycles. The lowest BCUT2D eigenvalue weighted by molar-refractivity contribution is 0.101. The van der Waals surface area contributed by atoms with Crippen LogP contribution in [0.1, 0.15) is 33.6 Å². The van der Waals surface area contributed by atoms with Gasteiger partial charge in [0.2, 0.25) is 0 Å². The fourth-order valence-corrected chi connectivity index (χ4v) is 2.43. The highest BCUT2D eigenvalue weighted by molar-refractivity contribution is 6.03. The molecular formula is C20H17FN4O2. The number of benzene rings is 2. The number of carbonyl (C=O) groups is 2. The smallest absolute Gasteiger partial charge is 0.274 e. The molecule has 3 rings (SSSR count). The van der Waals surface area contributed by atoms with Crippen LogP contribution in [0.4, 0.5) is 21.6 Å². The Morgan fingerprint density at radius 3 is 2.37 bits per heavy atom. The highest BCUT2D eigenvalue weighted by atomic mass is 19.1. The van der Waals surface area contributed by atoms with E-state index in [4.69, 9.17) is 0 Å². The minimum absolute atomic E-state index is 0.0217. The van der Waals surface area contributed by atoms with Crippen molar-refractivity contribution in [1.29, 1.82) is 0 Å². The van der Waals surface area contributed by atoms with Crippen molar-refractivity contribution >= 4 is 28.9 Å². The number of rotatable bonds is 5. The lowest BCUT2D eigenvalue weighted by Gasteiger charge is -2.10. The van der Waals surface area contributed by atoms with Crippen molar-refractivity contribution in [2.45, 2.75) is 13.8 Å². The Labute approximate surface area is 155 Å². The summed E-state index contributed by atoms with van der Waals surface area (Å²) in [5, 5.41) is 5.56. The molecular weight excluding hydrogens is 347 g/mol. The molecule has 0 aliphatic carbocycles. The second-order valence-electron chi connectivity index (χ2n) is 5.88. The number of ketones is 1. The quantitative estimate of drug-likeness (QED) is 0.665. The average Bonchev–Trinajstić information content (AvgIpc) is 2.63. The van der Waals surface area contributed by atoms with Crippen LogP contribution in [-0.2, 0) is 0 Å². The van der Waals surface area contributed by atoms with Gasteiger partial charge in [0.05, 0.1) is 5.69 Å². The standard InChI is InChI=1S/C20H17FN4O2/c1-12(26)14-7-9-15(10-8-14)24-19-11-18(22-13(2)23-19)20(27)25-17-6-4-3-5-16(17)21/h3-11H,1-2H3,(H,25,27)(H,22,23,24). The van der Waals surface area contributed by atoms with Crippen LogP contribution in [0.3, 0.4) is 0 Å². The van der Waals surface area contributed by atoms with Crippen molar-refractivity contribution in [3.63, 3.8) is 0 Å². The van der Waals surface area contributed by atoms with Crippen molar-refractivity contribution in [3.8, 4) is 0 Å². The van der Waals surface area contributed by atoms with Gasteiger partial charge in [0.1, 0.15) is 23.2 Å². The summed E-state index contributed by atoms with van der Waals surface area (Å²) in [6.07, 6.45) is 0. The normalized spacial score (nSPS) is 10.3. The number of halogens is 1. The maximum absolute atomic E-state index is 13.7. The SMILES string of the molecule is CC(=O)c1ccc(Nc2cc(C(=O)Nc3ccccc3F)nc(C)n2)cc1. The fourth-order valence-electron chi connectivity index (χ4n) is 2.43. The van der Waals surface area contributed by atoms with Crippen molar-refractivity contribution in [1.82, 2.24) is 9.97 Å². The third kappa shape index (κ3) is 4.52. The molecule has 136 valence electrons. The van der Waals surface area contributed by atoms with Crippen LogP contribution in [0.2, 0.25) is 0 Å². The second-order valence-corrected chi connectivity index (χ2v) is 5.88. The first-order valence-corrected chi connectivity index (χ1v) is 8.22. The topological polar surface area (TPSA) is 84.0 Å². The summed E-state index contributed by atoms with van der Waals surface area (Å²) in [4.78, 5) is 32.1. The van der Waals surface area contributed by atoms with E-state index in [0.717, 1.165) is 0 Å². The number of hydrogen-bond donors (Lipinski definition) is 2. The van der Waals surface area contributed by atoms with Crippen LogP contribution in [0.5, 0.6) is 0 Å². The lowest BCUT2D eigenvalue weighted by atomic mass is 10.1. The number of aryl methyl sites for hydroxylation is 1. The number of carbonyl (C=O) groups excluding carboxylic acids is 2. The minimum atomic E-state index is -0.541. The number of Topliss-reactive ketones (excluding diaryl/α,β-unsaturated/α-hetero) is 1. The van der Waals surface area contributed by atoms with E-state index in [1.54, 1.807) is 43.3 Å². The Bertz CT molecular complexity index is 1000. The maximum Gasteiger partial charge on any atom is 0.274 e. The van der Waals surface area contributed by atoms with Crippen LogP contribution >= 0.6 is 0 Å². The van der Waals surface area contributed by atoms with Gasteiger partial charge in [-0.1, -0.05) is 12.1 Å². The van der Waals surface area contributed by atoms with E-state index in [2.05, 4.69) is 20.6 Å². The molecule has 3 aromatic rings. The summed E-state index contributed by atoms with van der Waals surface area (Å²) in [5.74, 6) is -0.288. The summed E-state index contributed by atoms with van der Waals surface area (Å²) in [6, 6.07) is 14.3. The summed E-state index contributed by atoms with van der Waals surface area (Å²) in [6.45, 7) is 3.15. The molecule has 27 heavy (non-hydrogen) atoms. The molecule has 0 saturated heterocycles. The third-order valence-electron chi connectivity index (χ3n) is 3.76. The summed E-state index contributed by atoms with van der Waals surface area (Å²) in [5.41, 5.74) is 1.49. The Morgan fingerprint density at radius 1 is 1.00 bits per heavy atom. The molecule has 2 aromatic carbocycles. The Morgan fingerprint density at radius 2 is 1.70 bits per heavy atom. The predicted molar refractivity (Wildman–Crippen MR) is 101 cm³/mol. The first-order chi connectivity index (χ1) is 12.9. The van der Waals surface area contributed by atoms with Crippen LogP contribution in [-0.4, -0.2) is 21.7 Å². The number of para-hydroxylation sites is 1. The number of amides is 1. The molecule has 1 amide bonds. The van der Waals surface area contributed by atoms with Gasteiger partial charge >= 0.3 is 0 Å². The number of aromatic nitrogens is 2. The van der Waals surface area contributed by atoms with Gasteiger partial charge in [0.15, 0.2) is 5.78 Å². The molecule has 0 bridgehead atoms. The van der Waals surface area contributed by atoms with E-state index in [1.807, 2.05) is 0 Å². The van der Waals surface area contributed by atoms with Gasteiger partial charge in [-0.25, -0.2) is 14.4 Å². The largest absolute Gasteiger partial charge is 0.340 e. The van der Waals surface area contributed by atoms with Gasteiger partial charge in [-0.3, -0.25) is 9.59 Å². The highest BCUT2D eigenvalue weighted by Gasteiger charge is 2.13. The highest BCUT2D eigenvalue weighted by Crippen LogP contribution is 2.18. The first-order valence-electron chi connectivity index (χ1n) is 8.22. The molecule has 0 aliphatic rings. The molecule has 2 N–H and O–H groups in total. The van der Waals surface area contributed by atoms with E-state index < -0.39 is 11.7 Å². The molecule has 6 nitrogen and oxygen atoms in total. The van der Waals surface area contributed by atoms with E-state index >= 15 is 0 Å². The maximum atomic E-state index is 13.7. The van der Waals surface area contributed by atoms with E-state index in [9.17, 15) is 14.0 Å². The molecule has 0 spiro atoms. The van der Waals surface area contributed by atoms with Crippen molar-refractivity contribution < 1.29 is 14.0 Å². The second kappa shape index (κ2) is 7.74. The third-order valence-corrected chi connectivity index (χ3v) is 3.76. The molecule has 7 heteroatoms. The van der Waals surface area contributed by atoms with Gasteiger partial charge < -0.3 is 10.6 Å². The Kier molecular flexibility index (Phi) is 5.21. The van der Waals surface area contributed by atoms with Crippen molar-refractivity contribution in [3.05, 3.63) is 77.5 Å². The van der Waals surface area contributed by atoms with Gasteiger partial charge in [-0.2, -0.15) is 0 Å². The van der Waals surface area contributed by atoms with Gasteiger partial charge in [-0.15, -0.1) is 0 Å². The van der Waals surface area contributed by atoms with Gasteiger partial charge in [0.25, 0.3) is 5.91 Å². The first kappa shape index (κ1) is 18.2. The summed E-state index contributed by atoms with van der Waals surface area (Å²) >= 11 is 0. The van der Waals surface area contributed by atoms with Crippen LogP contribution < -0.4 is 10.6 Å². The molecule has 0 unspecified atom stereocenters. The van der Waals surface area contributed by atoms with E-state index in [0.29, 0.717) is 22.9 Å². The van der Waals surface area contributed by atoms with Gasteiger partial charge in [0, 0.05) is 17.3 Å². The molecule has 1 aromatic heterocycles. The lowest BCUT2D eigenvalue weighted by Crippen LogP contribution is -2.16. The van der Waals surface area contributed by atoms with E-state index in [-0.39, 0.29) is 17.2 Å². The molecule has 0 fully saturated rings. The average molecular weight is 364 g/mol. The van der Waals surface area contributed by atoms with Crippen molar-refractivity contribution in [2.75, 3.05) is 10.6 Å². The monoisotopic (exact) mass is 364 g/mol. The summed E-state index contributed by atoms with van der Waals surface area (Å²) < 4.78 is 13.7. The Hall–Kier alpha value is -3.61. The molecule has 0 radical (unpaired) electrons.